The van der Waals surface area contributed by atoms with Gasteiger partial charge in [0.25, 0.3) is 0 Å². The van der Waals surface area contributed by atoms with Gasteiger partial charge in [0.2, 0.25) is 5.91 Å². The Balaban J connectivity index is 1.65. The van der Waals surface area contributed by atoms with Gasteiger partial charge in [-0.25, -0.2) is 4.63 Å². The van der Waals surface area contributed by atoms with Crippen molar-refractivity contribution in [1.29, 1.82) is 0 Å². The van der Waals surface area contributed by atoms with Crippen molar-refractivity contribution >= 4 is 23.5 Å². The first-order chi connectivity index (χ1) is 11.2. The van der Waals surface area contributed by atoms with Gasteiger partial charge >= 0.3 is 0 Å². The van der Waals surface area contributed by atoms with Crippen LogP contribution in [0.2, 0.25) is 0 Å². The van der Waals surface area contributed by atoms with E-state index < -0.39 is 0 Å². The van der Waals surface area contributed by atoms with Crippen LogP contribution in [0.1, 0.15) is 32.6 Å². The third-order valence-electron chi connectivity index (χ3n) is 3.81. The predicted molar refractivity (Wildman–Crippen MR) is 84.5 cm³/mol. The molecule has 3 N–H and O–H groups in total. The minimum absolute atomic E-state index is 0.0247. The zero-order chi connectivity index (χ0) is 16.2. The molecule has 124 valence electrons. The van der Waals surface area contributed by atoms with Crippen LogP contribution in [0.15, 0.2) is 9.79 Å². The van der Waals surface area contributed by atoms with Gasteiger partial charge in [-0.15, -0.1) is 10.2 Å². The molecule has 2 aromatic heterocycles. The summed E-state index contributed by atoms with van der Waals surface area (Å²) in [4.78, 5) is 12.0. The summed E-state index contributed by atoms with van der Waals surface area (Å²) in [6.45, 7) is 2.58. The van der Waals surface area contributed by atoms with Gasteiger partial charge in [-0.1, -0.05) is 24.6 Å². The van der Waals surface area contributed by atoms with E-state index in [-0.39, 0.29) is 11.7 Å². The molecule has 10 heteroatoms. The number of carbonyl (C=O) groups is 1. The number of hydrogen-bond acceptors (Lipinski definition) is 8. The molecule has 3 rings (SSSR count). The van der Waals surface area contributed by atoms with Gasteiger partial charge in [0.1, 0.15) is 0 Å². The van der Waals surface area contributed by atoms with Gasteiger partial charge in [0.15, 0.2) is 22.5 Å². The van der Waals surface area contributed by atoms with E-state index in [1.807, 2.05) is 11.5 Å². The number of nitrogens with one attached hydrogen (secondary N) is 1. The molecule has 1 saturated carbocycles. The molecule has 1 fully saturated rings. The number of nitrogen functional groups attached to an aromatic ring is 1. The van der Waals surface area contributed by atoms with Crippen LogP contribution in [0.5, 0.6) is 0 Å². The summed E-state index contributed by atoms with van der Waals surface area (Å²) in [6, 6.07) is 0.323. The summed E-state index contributed by atoms with van der Waals surface area (Å²) in [5.74, 6) is 0.991. The quantitative estimate of drug-likeness (QED) is 0.750. The summed E-state index contributed by atoms with van der Waals surface area (Å²) in [7, 11) is 0. The second-order valence-corrected chi connectivity index (χ2v) is 6.33. The largest absolute Gasteiger partial charge is 0.379 e. The zero-order valence-corrected chi connectivity index (χ0v) is 13.7. The van der Waals surface area contributed by atoms with E-state index in [9.17, 15) is 4.79 Å². The maximum absolute atomic E-state index is 12.0. The number of aromatic nitrogens is 5. The van der Waals surface area contributed by atoms with Crippen LogP contribution < -0.4 is 11.1 Å². The third-order valence-corrected chi connectivity index (χ3v) is 4.78. The number of rotatable bonds is 6. The lowest BCUT2D eigenvalue weighted by atomic mass is 10.2. The highest BCUT2D eigenvalue weighted by Crippen LogP contribution is 2.25. The van der Waals surface area contributed by atoms with Crippen molar-refractivity contribution in [3.05, 3.63) is 0 Å². The van der Waals surface area contributed by atoms with Crippen LogP contribution in [-0.4, -0.2) is 42.8 Å². The van der Waals surface area contributed by atoms with E-state index in [2.05, 4.69) is 30.5 Å². The Morgan fingerprint density at radius 1 is 1.39 bits per heavy atom. The lowest BCUT2D eigenvalue weighted by molar-refractivity contribution is -0.119. The highest BCUT2D eigenvalue weighted by Gasteiger charge is 2.21. The molecule has 9 nitrogen and oxygen atoms in total. The van der Waals surface area contributed by atoms with Gasteiger partial charge in [-0.2, -0.15) is 0 Å². The van der Waals surface area contributed by atoms with Crippen molar-refractivity contribution in [1.82, 2.24) is 30.4 Å². The van der Waals surface area contributed by atoms with Crippen LogP contribution in [-0.2, 0) is 11.3 Å². The third kappa shape index (κ3) is 3.46. The second-order valence-electron chi connectivity index (χ2n) is 5.39. The molecule has 0 unspecified atom stereocenters. The number of hydrogen-bond donors (Lipinski definition) is 2. The molecular weight excluding hydrogens is 318 g/mol. The molecule has 0 radical (unpaired) electrons. The van der Waals surface area contributed by atoms with Crippen molar-refractivity contribution in [3.63, 3.8) is 0 Å². The first-order valence-corrected chi connectivity index (χ1v) is 8.61. The van der Waals surface area contributed by atoms with Gasteiger partial charge in [-0.05, 0) is 30.1 Å². The van der Waals surface area contributed by atoms with Crippen molar-refractivity contribution in [2.75, 3.05) is 11.5 Å². The van der Waals surface area contributed by atoms with E-state index in [4.69, 9.17) is 5.73 Å². The number of nitrogens with zero attached hydrogens (tertiary/aromatic N) is 5. The molecule has 1 aliphatic carbocycles. The number of nitrogens with two attached hydrogens (primary N) is 1. The minimum Gasteiger partial charge on any atom is -0.379 e. The first-order valence-electron chi connectivity index (χ1n) is 7.62. The van der Waals surface area contributed by atoms with E-state index >= 15 is 0 Å². The predicted octanol–water partition coefficient (Wildman–Crippen LogP) is 1.08. The summed E-state index contributed by atoms with van der Waals surface area (Å²) in [5, 5.41) is 19.2. The smallest absolute Gasteiger partial charge is 0.230 e. The SMILES string of the molecule is CCn1c(SCC(=O)NC2CCCC2)nnc1-c1nonc1N. The fourth-order valence-corrected chi connectivity index (χ4v) is 3.49. The topological polar surface area (TPSA) is 125 Å². The molecule has 1 amide bonds. The number of amides is 1. The first kappa shape index (κ1) is 15.8. The fourth-order valence-electron chi connectivity index (χ4n) is 2.68. The van der Waals surface area contributed by atoms with Gasteiger partial charge in [0, 0.05) is 12.6 Å². The molecule has 0 aromatic carbocycles. The molecular formula is C13H19N7O2S. The number of anilines is 1. The molecule has 0 spiro atoms. The minimum atomic E-state index is 0.0247. The Morgan fingerprint density at radius 2 is 2.17 bits per heavy atom. The Labute approximate surface area is 137 Å². The normalized spacial score (nSPS) is 15.2. The van der Waals surface area contributed by atoms with Crippen LogP contribution in [0.25, 0.3) is 11.5 Å². The maximum Gasteiger partial charge on any atom is 0.230 e. The van der Waals surface area contributed by atoms with Crippen LogP contribution >= 0.6 is 11.8 Å². The monoisotopic (exact) mass is 337 g/mol. The zero-order valence-electron chi connectivity index (χ0n) is 12.9. The lowest BCUT2D eigenvalue weighted by Gasteiger charge is -2.11. The molecule has 0 atom stereocenters. The van der Waals surface area contributed by atoms with Crippen molar-refractivity contribution in [2.24, 2.45) is 0 Å². The number of carbonyl (C=O) groups excluding carboxylic acids is 1. The second kappa shape index (κ2) is 6.99. The number of thioether (sulfide) groups is 1. The molecule has 0 bridgehead atoms. The van der Waals surface area contributed by atoms with Crippen LogP contribution in [0.3, 0.4) is 0 Å². The summed E-state index contributed by atoms with van der Waals surface area (Å²) in [6.07, 6.45) is 4.53. The van der Waals surface area contributed by atoms with E-state index in [0.717, 1.165) is 12.8 Å². The van der Waals surface area contributed by atoms with Crippen molar-refractivity contribution in [3.8, 4) is 11.5 Å². The van der Waals surface area contributed by atoms with Gasteiger partial charge in [0.05, 0.1) is 5.75 Å². The Kier molecular flexibility index (Phi) is 4.79. The fraction of sp³-hybridized carbons (Fsp3) is 0.615. The Bertz CT molecular complexity index is 678. The molecule has 2 heterocycles. The lowest BCUT2D eigenvalue weighted by Crippen LogP contribution is -2.33. The summed E-state index contributed by atoms with van der Waals surface area (Å²) < 4.78 is 6.44. The highest BCUT2D eigenvalue weighted by molar-refractivity contribution is 7.99. The molecule has 0 saturated heterocycles. The van der Waals surface area contributed by atoms with Crippen LogP contribution in [0.4, 0.5) is 5.82 Å². The van der Waals surface area contributed by atoms with E-state index in [1.54, 1.807) is 0 Å². The van der Waals surface area contributed by atoms with E-state index in [0.29, 0.717) is 35.0 Å². The average molecular weight is 337 g/mol. The molecule has 0 aliphatic heterocycles. The molecule has 2 aromatic rings. The molecule has 23 heavy (non-hydrogen) atoms. The van der Waals surface area contributed by atoms with Crippen molar-refractivity contribution < 1.29 is 9.42 Å². The highest BCUT2D eigenvalue weighted by atomic mass is 32.2. The van der Waals surface area contributed by atoms with E-state index in [1.165, 1.54) is 24.6 Å². The van der Waals surface area contributed by atoms with Crippen LogP contribution in [0, 0.1) is 0 Å². The Morgan fingerprint density at radius 3 is 2.83 bits per heavy atom. The standard InChI is InChI=1S/C13H19N7O2S/c1-2-20-12(10-11(14)19-22-18-10)16-17-13(20)23-7-9(21)15-8-5-3-4-6-8/h8H,2-7H2,1H3,(H2,14,19)(H,15,21). The maximum atomic E-state index is 12.0. The summed E-state index contributed by atoms with van der Waals surface area (Å²) >= 11 is 1.34. The molecule has 1 aliphatic rings. The van der Waals surface area contributed by atoms with Crippen molar-refractivity contribution in [2.45, 2.75) is 50.4 Å². The van der Waals surface area contributed by atoms with Gasteiger partial charge < -0.3 is 15.6 Å². The van der Waals surface area contributed by atoms with Gasteiger partial charge in [-0.3, -0.25) is 4.79 Å². The average Bonchev–Trinajstić information content (AvgIpc) is 3.25. The Hall–Kier alpha value is -2.10. The summed E-state index contributed by atoms with van der Waals surface area (Å²) in [5.41, 5.74) is 6.06.